The first-order chi connectivity index (χ1) is 7.64. The fraction of sp³-hybridized carbons (Fsp3) is 0.636. The number of nitrogens with zero attached hydrogens (tertiary/aromatic N) is 2. The van der Waals surface area contributed by atoms with Crippen molar-refractivity contribution in [2.45, 2.75) is 45.7 Å². The van der Waals surface area contributed by atoms with Crippen molar-refractivity contribution in [2.24, 2.45) is 0 Å². The highest BCUT2D eigenvalue weighted by Crippen LogP contribution is 2.32. The molecule has 0 saturated carbocycles. The van der Waals surface area contributed by atoms with Gasteiger partial charge in [0.05, 0.1) is 17.1 Å². The standard InChI is InChI=1S/C11H16F3N3/c1-5(2)8-7(15)9(6(3)4)17-10(16-8)11(12,13)14/h5-6H,15H2,1-4H3. The normalized spacial score (nSPS) is 12.5. The molecule has 1 aromatic rings. The Hall–Kier alpha value is -1.33. The molecule has 1 rings (SSSR count). The molecule has 1 aromatic heterocycles. The van der Waals surface area contributed by atoms with Crippen molar-refractivity contribution >= 4 is 5.69 Å². The molecule has 96 valence electrons. The third-order valence-corrected chi connectivity index (χ3v) is 2.35. The lowest BCUT2D eigenvalue weighted by Gasteiger charge is -2.17. The van der Waals surface area contributed by atoms with E-state index in [0.29, 0.717) is 0 Å². The van der Waals surface area contributed by atoms with Crippen LogP contribution in [-0.4, -0.2) is 9.97 Å². The average Bonchev–Trinajstić information content (AvgIpc) is 2.14. The van der Waals surface area contributed by atoms with Gasteiger partial charge in [-0.2, -0.15) is 13.2 Å². The van der Waals surface area contributed by atoms with E-state index in [0.717, 1.165) is 0 Å². The fourth-order valence-corrected chi connectivity index (χ4v) is 1.51. The number of halogens is 3. The predicted molar refractivity (Wildman–Crippen MR) is 59.6 cm³/mol. The van der Waals surface area contributed by atoms with Crippen LogP contribution in [0.1, 0.15) is 56.7 Å². The highest BCUT2D eigenvalue weighted by molar-refractivity contribution is 5.50. The Labute approximate surface area is 98.3 Å². The maximum Gasteiger partial charge on any atom is 0.451 e. The lowest BCUT2D eigenvalue weighted by Crippen LogP contribution is -2.18. The smallest absolute Gasteiger partial charge is 0.396 e. The van der Waals surface area contributed by atoms with Gasteiger partial charge in [-0.1, -0.05) is 27.7 Å². The van der Waals surface area contributed by atoms with E-state index in [1.807, 2.05) is 0 Å². The summed E-state index contributed by atoms with van der Waals surface area (Å²) in [5.41, 5.74) is 6.59. The molecule has 2 N–H and O–H groups in total. The van der Waals surface area contributed by atoms with Crippen molar-refractivity contribution < 1.29 is 13.2 Å². The van der Waals surface area contributed by atoms with Gasteiger partial charge in [-0.25, -0.2) is 9.97 Å². The van der Waals surface area contributed by atoms with E-state index >= 15 is 0 Å². The fourth-order valence-electron chi connectivity index (χ4n) is 1.51. The molecular formula is C11H16F3N3. The minimum Gasteiger partial charge on any atom is -0.396 e. The number of alkyl halides is 3. The Balaban J connectivity index is 3.48. The predicted octanol–water partition coefficient (Wildman–Crippen LogP) is 3.32. The summed E-state index contributed by atoms with van der Waals surface area (Å²) in [7, 11) is 0. The number of aromatic nitrogens is 2. The molecule has 17 heavy (non-hydrogen) atoms. The molecule has 0 saturated heterocycles. The van der Waals surface area contributed by atoms with Crippen LogP contribution in [0, 0.1) is 0 Å². The molecular weight excluding hydrogens is 231 g/mol. The third kappa shape index (κ3) is 2.87. The van der Waals surface area contributed by atoms with Gasteiger partial charge in [-0.3, -0.25) is 0 Å². The average molecular weight is 247 g/mol. The number of nitrogens with two attached hydrogens (primary N) is 1. The summed E-state index contributed by atoms with van der Waals surface area (Å²) in [6, 6.07) is 0. The minimum atomic E-state index is -4.54. The van der Waals surface area contributed by atoms with Crippen LogP contribution in [0.3, 0.4) is 0 Å². The van der Waals surface area contributed by atoms with Crippen LogP contribution in [0.5, 0.6) is 0 Å². The molecule has 0 unspecified atom stereocenters. The van der Waals surface area contributed by atoms with E-state index in [4.69, 9.17) is 5.73 Å². The molecule has 0 atom stereocenters. The number of hydrogen-bond acceptors (Lipinski definition) is 3. The van der Waals surface area contributed by atoms with Crippen molar-refractivity contribution in [3.63, 3.8) is 0 Å². The lowest BCUT2D eigenvalue weighted by molar-refractivity contribution is -0.145. The number of nitrogen functional groups attached to an aromatic ring is 1. The summed E-state index contributed by atoms with van der Waals surface area (Å²) in [5, 5.41) is 0. The summed E-state index contributed by atoms with van der Waals surface area (Å²) in [4.78, 5) is 7.05. The summed E-state index contributed by atoms with van der Waals surface area (Å²) in [6.45, 7) is 7.01. The molecule has 0 spiro atoms. The van der Waals surface area contributed by atoms with E-state index in [2.05, 4.69) is 9.97 Å². The Kier molecular flexibility index (Phi) is 3.64. The second kappa shape index (κ2) is 4.50. The van der Waals surface area contributed by atoms with Gasteiger partial charge in [0.1, 0.15) is 0 Å². The van der Waals surface area contributed by atoms with Crippen LogP contribution in [0.2, 0.25) is 0 Å². The largest absolute Gasteiger partial charge is 0.451 e. The Bertz CT molecular complexity index is 382. The number of hydrogen-bond donors (Lipinski definition) is 1. The Morgan fingerprint density at radius 3 is 1.53 bits per heavy atom. The second-order valence-electron chi connectivity index (χ2n) is 4.54. The van der Waals surface area contributed by atoms with Crippen LogP contribution < -0.4 is 5.73 Å². The van der Waals surface area contributed by atoms with Gasteiger partial charge in [0, 0.05) is 0 Å². The van der Waals surface area contributed by atoms with Crippen molar-refractivity contribution in [3.8, 4) is 0 Å². The van der Waals surface area contributed by atoms with Crippen LogP contribution in [0.15, 0.2) is 0 Å². The molecule has 0 aromatic carbocycles. The maximum atomic E-state index is 12.6. The molecule has 0 aliphatic heterocycles. The number of anilines is 1. The van der Waals surface area contributed by atoms with Crippen molar-refractivity contribution in [2.75, 3.05) is 5.73 Å². The topological polar surface area (TPSA) is 51.8 Å². The monoisotopic (exact) mass is 247 g/mol. The van der Waals surface area contributed by atoms with E-state index in [9.17, 15) is 13.2 Å². The number of rotatable bonds is 2. The van der Waals surface area contributed by atoms with Gasteiger partial charge in [0.2, 0.25) is 5.82 Å². The molecule has 0 aliphatic rings. The molecule has 0 amide bonds. The Morgan fingerprint density at radius 2 is 1.29 bits per heavy atom. The van der Waals surface area contributed by atoms with Gasteiger partial charge in [-0.05, 0) is 11.8 Å². The first-order valence-corrected chi connectivity index (χ1v) is 5.39. The van der Waals surface area contributed by atoms with Gasteiger partial charge in [0.15, 0.2) is 0 Å². The summed E-state index contributed by atoms with van der Waals surface area (Å²) < 4.78 is 37.9. The zero-order valence-electron chi connectivity index (χ0n) is 10.3. The molecule has 0 bridgehead atoms. The van der Waals surface area contributed by atoms with Crippen LogP contribution in [0.25, 0.3) is 0 Å². The molecule has 0 fully saturated rings. The Morgan fingerprint density at radius 1 is 0.941 bits per heavy atom. The van der Waals surface area contributed by atoms with Gasteiger partial charge >= 0.3 is 6.18 Å². The second-order valence-corrected chi connectivity index (χ2v) is 4.54. The van der Waals surface area contributed by atoms with Gasteiger partial charge in [0.25, 0.3) is 0 Å². The summed E-state index contributed by atoms with van der Waals surface area (Å²) >= 11 is 0. The first kappa shape index (κ1) is 13.7. The maximum absolute atomic E-state index is 12.6. The first-order valence-electron chi connectivity index (χ1n) is 5.39. The molecule has 1 heterocycles. The zero-order chi connectivity index (χ0) is 13.4. The molecule has 3 nitrogen and oxygen atoms in total. The lowest BCUT2D eigenvalue weighted by atomic mass is 10.0. The molecule has 0 radical (unpaired) electrons. The molecule has 0 aliphatic carbocycles. The summed E-state index contributed by atoms with van der Waals surface area (Å²) in [5.74, 6) is -1.45. The highest BCUT2D eigenvalue weighted by atomic mass is 19.4. The van der Waals surface area contributed by atoms with E-state index in [1.165, 1.54) is 0 Å². The quantitative estimate of drug-likeness (QED) is 0.872. The molecule has 6 heteroatoms. The summed E-state index contributed by atoms with van der Waals surface area (Å²) in [6.07, 6.45) is -4.54. The van der Waals surface area contributed by atoms with E-state index in [1.54, 1.807) is 27.7 Å². The van der Waals surface area contributed by atoms with Gasteiger partial charge < -0.3 is 5.73 Å². The zero-order valence-corrected chi connectivity index (χ0v) is 10.3. The highest BCUT2D eigenvalue weighted by Gasteiger charge is 2.36. The van der Waals surface area contributed by atoms with Crippen molar-refractivity contribution in [3.05, 3.63) is 17.2 Å². The van der Waals surface area contributed by atoms with Crippen molar-refractivity contribution in [1.82, 2.24) is 9.97 Å². The van der Waals surface area contributed by atoms with Crippen LogP contribution >= 0.6 is 0 Å². The van der Waals surface area contributed by atoms with E-state index < -0.39 is 12.0 Å². The van der Waals surface area contributed by atoms with Crippen LogP contribution in [0.4, 0.5) is 18.9 Å². The van der Waals surface area contributed by atoms with E-state index in [-0.39, 0.29) is 28.9 Å². The van der Waals surface area contributed by atoms with Crippen molar-refractivity contribution in [1.29, 1.82) is 0 Å². The minimum absolute atomic E-state index is 0.170. The van der Waals surface area contributed by atoms with Crippen LogP contribution in [-0.2, 0) is 6.18 Å². The third-order valence-electron chi connectivity index (χ3n) is 2.35. The van der Waals surface area contributed by atoms with Gasteiger partial charge in [-0.15, -0.1) is 0 Å². The SMILES string of the molecule is CC(C)c1nc(C(F)(F)F)nc(C(C)C)c1N.